The zero-order valence-corrected chi connectivity index (χ0v) is 15.5. The Hall–Kier alpha value is -1.94. The average molecular weight is 377 g/mol. The number of aryl methyl sites for hydroxylation is 1. The Morgan fingerprint density at radius 3 is 2.73 bits per heavy atom. The third kappa shape index (κ3) is 3.11. The van der Waals surface area contributed by atoms with Crippen molar-refractivity contribution in [3.8, 4) is 5.88 Å². The molecular weight excluding hydrogens is 354 g/mol. The number of hydrogen-bond acceptors (Lipinski definition) is 8. The number of rotatable bonds is 6. The number of fused-ring (bicyclic) bond motifs is 1. The third-order valence-corrected chi connectivity index (χ3v) is 5.88. The van der Waals surface area contributed by atoms with Crippen molar-refractivity contribution in [2.24, 2.45) is 0 Å². The van der Waals surface area contributed by atoms with Gasteiger partial charge in [0.05, 0.1) is 17.7 Å². The largest absolute Gasteiger partial charge is 0.492 e. The van der Waals surface area contributed by atoms with Crippen molar-refractivity contribution in [1.29, 1.82) is 0 Å². The molecule has 3 aromatic rings. The normalized spacial score (nSPS) is 17.9. The first-order chi connectivity index (χ1) is 12.7. The molecule has 1 unspecified atom stereocenters. The van der Waals surface area contributed by atoms with Crippen molar-refractivity contribution >= 4 is 16.3 Å². The van der Waals surface area contributed by atoms with Gasteiger partial charge in [-0.05, 0) is 12.1 Å². The lowest BCUT2D eigenvalue weighted by atomic mass is 10.1. The van der Waals surface area contributed by atoms with Crippen LogP contribution in [0.4, 0.5) is 0 Å². The highest BCUT2D eigenvalue weighted by molar-refractivity contribution is 7.17. The van der Waals surface area contributed by atoms with Crippen molar-refractivity contribution < 1.29 is 14.6 Å². The zero-order chi connectivity index (χ0) is 18.1. The molecule has 1 aliphatic heterocycles. The smallest absolute Gasteiger partial charge is 0.230 e. The maximum atomic E-state index is 10.8. The van der Waals surface area contributed by atoms with Gasteiger partial charge in [-0.15, -0.1) is 5.10 Å². The molecule has 0 spiro atoms. The Balaban J connectivity index is 1.67. The standard InChI is InChI=1S/C17H23N5O3S/c1-2-13-18-17-22(19-13)16(24)15(26-17)14(12-4-3-11-25-12)21-7-5-20(6-8-21)9-10-23/h3-4,11,14,23-24H,2,5-10H2,1H3. The molecular formula is C17H23N5O3S. The van der Waals surface area contributed by atoms with E-state index in [4.69, 9.17) is 9.52 Å². The molecule has 4 heterocycles. The molecule has 9 heteroatoms. The van der Waals surface area contributed by atoms with Crippen molar-refractivity contribution in [3.63, 3.8) is 0 Å². The van der Waals surface area contributed by atoms with Crippen molar-refractivity contribution in [2.45, 2.75) is 19.4 Å². The van der Waals surface area contributed by atoms with Crippen molar-refractivity contribution in [1.82, 2.24) is 24.4 Å². The van der Waals surface area contributed by atoms with Crippen LogP contribution in [0.15, 0.2) is 22.8 Å². The van der Waals surface area contributed by atoms with E-state index in [-0.39, 0.29) is 18.5 Å². The van der Waals surface area contributed by atoms with Gasteiger partial charge in [0.2, 0.25) is 10.8 Å². The molecule has 1 atom stereocenters. The Kier molecular flexibility index (Phi) is 4.94. The van der Waals surface area contributed by atoms with Gasteiger partial charge in [-0.2, -0.15) is 4.52 Å². The molecule has 0 radical (unpaired) electrons. The lowest BCUT2D eigenvalue weighted by Crippen LogP contribution is -2.48. The molecule has 2 N–H and O–H groups in total. The molecule has 1 aliphatic rings. The van der Waals surface area contributed by atoms with E-state index < -0.39 is 0 Å². The number of hydrogen-bond donors (Lipinski definition) is 2. The van der Waals surface area contributed by atoms with Crippen LogP contribution in [-0.2, 0) is 6.42 Å². The Morgan fingerprint density at radius 2 is 2.12 bits per heavy atom. The molecule has 8 nitrogen and oxygen atoms in total. The number of aromatic hydroxyl groups is 1. The fourth-order valence-electron chi connectivity index (χ4n) is 3.43. The van der Waals surface area contributed by atoms with Gasteiger partial charge in [-0.25, -0.2) is 4.98 Å². The Labute approximate surface area is 155 Å². The molecule has 0 saturated carbocycles. The fourth-order valence-corrected chi connectivity index (χ4v) is 4.54. The summed E-state index contributed by atoms with van der Waals surface area (Å²) in [5.74, 6) is 1.66. The lowest BCUT2D eigenvalue weighted by molar-refractivity contribution is 0.0883. The summed E-state index contributed by atoms with van der Waals surface area (Å²) in [6, 6.07) is 3.64. The van der Waals surface area contributed by atoms with E-state index in [1.165, 1.54) is 15.9 Å². The van der Waals surface area contributed by atoms with Gasteiger partial charge in [0, 0.05) is 39.1 Å². The first kappa shape index (κ1) is 17.5. The summed E-state index contributed by atoms with van der Waals surface area (Å²) in [6.45, 7) is 6.28. The molecule has 4 rings (SSSR count). The number of aliphatic hydroxyl groups is 1. The summed E-state index contributed by atoms with van der Waals surface area (Å²) in [5, 5.41) is 24.3. The van der Waals surface area contributed by atoms with Crippen LogP contribution in [0.5, 0.6) is 5.88 Å². The molecule has 0 aromatic carbocycles. The van der Waals surface area contributed by atoms with Crippen LogP contribution in [0.3, 0.4) is 0 Å². The molecule has 26 heavy (non-hydrogen) atoms. The van der Waals surface area contributed by atoms with Crippen LogP contribution < -0.4 is 0 Å². The van der Waals surface area contributed by atoms with Crippen molar-refractivity contribution in [3.05, 3.63) is 34.9 Å². The number of thiazole rings is 1. The van der Waals surface area contributed by atoms with Gasteiger partial charge in [0.1, 0.15) is 11.8 Å². The minimum atomic E-state index is -0.167. The van der Waals surface area contributed by atoms with E-state index in [0.29, 0.717) is 11.5 Å². The van der Waals surface area contributed by atoms with E-state index >= 15 is 0 Å². The van der Waals surface area contributed by atoms with Crippen LogP contribution >= 0.6 is 11.3 Å². The molecule has 1 fully saturated rings. The number of nitrogens with zero attached hydrogens (tertiary/aromatic N) is 5. The number of piperazine rings is 1. The summed E-state index contributed by atoms with van der Waals surface area (Å²) in [7, 11) is 0. The first-order valence-corrected chi connectivity index (χ1v) is 9.71. The van der Waals surface area contributed by atoms with E-state index in [9.17, 15) is 5.11 Å². The summed E-state index contributed by atoms with van der Waals surface area (Å²) >= 11 is 1.46. The highest BCUT2D eigenvalue weighted by Crippen LogP contribution is 2.40. The minimum Gasteiger partial charge on any atom is -0.492 e. The van der Waals surface area contributed by atoms with E-state index in [2.05, 4.69) is 19.9 Å². The van der Waals surface area contributed by atoms with E-state index in [1.54, 1.807) is 6.26 Å². The minimum absolute atomic E-state index is 0.136. The van der Waals surface area contributed by atoms with Gasteiger partial charge in [0.25, 0.3) is 0 Å². The summed E-state index contributed by atoms with van der Waals surface area (Å²) in [4.78, 5) is 10.5. The topological polar surface area (TPSA) is 90.3 Å². The van der Waals surface area contributed by atoms with Gasteiger partial charge >= 0.3 is 0 Å². The third-order valence-electron chi connectivity index (χ3n) is 4.81. The molecule has 140 valence electrons. The average Bonchev–Trinajstić information content (AvgIpc) is 3.37. The van der Waals surface area contributed by atoms with Crippen molar-refractivity contribution in [2.75, 3.05) is 39.3 Å². The predicted octanol–water partition coefficient (Wildman–Crippen LogP) is 1.35. The molecule has 1 saturated heterocycles. The maximum Gasteiger partial charge on any atom is 0.230 e. The summed E-state index contributed by atoms with van der Waals surface area (Å²) in [5.41, 5.74) is 0. The summed E-state index contributed by atoms with van der Waals surface area (Å²) in [6.07, 6.45) is 2.39. The highest BCUT2D eigenvalue weighted by Gasteiger charge is 2.33. The SMILES string of the molecule is CCc1nc2sc(C(c3ccco3)N3CCN(CCO)CC3)c(O)n2n1. The van der Waals surface area contributed by atoms with E-state index in [1.807, 2.05) is 19.1 Å². The van der Waals surface area contributed by atoms with Gasteiger partial charge in [0.15, 0.2) is 5.82 Å². The lowest BCUT2D eigenvalue weighted by Gasteiger charge is -2.37. The van der Waals surface area contributed by atoms with Gasteiger partial charge < -0.3 is 14.6 Å². The monoisotopic (exact) mass is 377 g/mol. The second kappa shape index (κ2) is 7.36. The zero-order valence-electron chi connectivity index (χ0n) is 14.7. The first-order valence-electron chi connectivity index (χ1n) is 8.89. The second-order valence-corrected chi connectivity index (χ2v) is 7.39. The number of aromatic nitrogens is 3. The molecule has 0 aliphatic carbocycles. The van der Waals surface area contributed by atoms with Crippen LogP contribution in [-0.4, -0.2) is 73.9 Å². The fraction of sp³-hybridized carbons (Fsp3) is 0.529. The van der Waals surface area contributed by atoms with E-state index in [0.717, 1.165) is 49.1 Å². The highest BCUT2D eigenvalue weighted by atomic mass is 32.1. The predicted molar refractivity (Wildman–Crippen MR) is 97.6 cm³/mol. The molecule has 0 bridgehead atoms. The van der Waals surface area contributed by atoms with Crippen LogP contribution in [0, 0.1) is 0 Å². The van der Waals surface area contributed by atoms with Crippen LogP contribution in [0.2, 0.25) is 0 Å². The number of furan rings is 1. The summed E-state index contributed by atoms with van der Waals surface area (Å²) < 4.78 is 7.22. The quantitative estimate of drug-likeness (QED) is 0.670. The molecule has 0 amide bonds. The number of aliphatic hydroxyl groups excluding tert-OH is 1. The van der Waals surface area contributed by atoms with Gasteiger partial charge in [-0.3, -0.25) is 9.80 Å². The van der Waals surface area contributed by atoms with Crippen LogP contribution in [0.1, 0.15) is 29.4 Å². The van der Waals surface area contributed by atoms with Crippen LogP contribution in [0.25, 0.3) is 4.96 Å². The Morgan fingerprint density at radius 1 is 1.31 bits per heavy atom. The Bertz CT molecular complexity index is 851. The molecule has 3 aromatic heterocycles. The number of β-amino-alcohol motifs (C(OH)–C–C–N with tert-alkyl or cyclic N) is 1. The second-order valence-electron chi connectivity index (χ2n) is 6.39. The van der Waals surface area contributed by atoms with Gasteiger partial charge in [-0.1, -0.05) is 18.3 Å². The maximum absolute atomic E-state index is 10.8.